The average molecular weight is 410 g/mol. The van der Waals surface area contributed by atoms with Gasteiger partial charge in [0, 0.05) is 5.56 Å². The summed E-state index contributed by atoms with van der Waals surface area (Å²) in [5, 5.41) is 23.0. The van der Waals surface area contributed by atoms with Crippen LogP contribution in [0.25, 0.3) is 0 Å². The predicted molar refractivity (Wildman–Crippen MR) is 109 cm³/mol. The van der Waals surface area contributed by atoms with E-state index in [0.717, 1.165) is 6.07 Å². The summed E-state index contributed by atoms with van der Waals surface area (Å²) in [6, 6.07) is 14.9. The van der Waals surface area contributed by atoms with Gasteiger partial charge in [0.2, 0.25) is 0 Å². The quantitative estimate of drug-likeness (QED) is 0.314. The van der Waals surface area contributed by atoms with E-state index in [2.05, 4.69) is 10.5 Å². The Hall–Kier alpha value is -4.07. The number of amides is 1. The van der Waals surface area contributed by atoms with Crippen molar-refractivity contribution < 1.29 is 28.9 Å². The maximum Gasteiger partial charge on any atom is 0.275 e. The van der Waals surface area contributed by atoms with Crippen LogP contribution in [0.2, 0.25) is 0 Å². The van der Waals surface area contributed by atoms with Gasteiger partial charge < -0.3 is 19.7 Å². The fraction of sp³-hybridized carbons (Fsp3) is 0.0909. The summed E-state index contributed by atoms with van der Waals surface area (Å²) in [5.74, 6) is -0.639. The van der Waals surface area contributed by atoms with Gasteiger partial charge in [-0.3, -0.25) is 4.79 Å². The van der Waals surface area contributed by atoms with Crippen molar-refractivity contribution in [1.82, 2.24) is 5.43 Å². The van der Waals surface area contributed by atoms with Gasteiger partial charge in [-0.05, 0) is 48.0 Å². The second-order valence-corrected chi connectivity index (χ2v) is 6.19. The molecule has 0 unspecified atom stereocenters. The van der Waals surface area contributed by atoms with Crippen molar-refractivity contribution in [3.63, 3.8) is 0 Å². The normalized spacial score (nSPS) is 10.7. The molecule has 3 N–H and O–H groups in total. The lowest BCUT2D eigenvalue weighted by Crippen LogP contribution is -2.17. The number of nitrogens with one attached hydrogen (secondary N) is 1. The second kappa shape index (κ2) is 9.42. The van der Waals surface area contributed by atoms with E-state index < -0.39 is 5.91 Å². The number of methoxy groups -OCH3 is 1. The molecule has 0 aliphatic heterocycles. The molecule has 0 aliphatic carbocycles. The minimum absolute atomic E-state index is 0.0416. The maximum atomic E-state index is 13.7. The molecule has 0 saturated heterocycles. The fourth-order valence-corrected chi connectivity index (χ4v) is 2.59. The zero-order valence-electron chi connectivity index (χ0n) is 16.0. The summed E-state index contributed by atoms with van der Waals surface area (Å²) in [6.45, 7) is 0.0416. The van der Waals surface area contributed by atoms with Gasteiger partial charge >= 0.3 is 0 Å². The lowest BCUT2D eigenvalue weighted by atomic mass is 10.2. The van der Waals surface area contributed by atoms with E-state index in [4.69, 9.17) is 9.47 Å². The third-order valence-corrected chi connectivity index (χ3v) is 4.13. The van der Waals surface area contributed by atoms with Crippen molar-refractivity contribution in [3.8, 4) is 23.0 Å². The Morgan fingerprint density at radius 2 is 1.90 bits per heavy atom. The van der Waals surface area contributed by atoms with Gasteiger partial charge in [-0.25, -0.2) is 9.82 Å². The molecule has 154 valence electrons. The van der Waals surface area contributed by atoms with Gasteiger partial charge in [0.05, 0.1) is 18.9 Å². The van der Waals surface area contributed by atoms with Gasteiger partial charge in [-0.1, -0.05) is 18.2 Å². The van der Waals surface area contributed by atoms with Gasteiger partial charge in [-0.2, -0.15) is 5.10 Å². The van der Waals surface area contributed by atoms with E-state index in [-0.39, 0.29) is 29.5 Å². The molecule has 1 amide bonds. The van der Waals surface area contributed by atoms with Crippen LogP contribution in [0.15, 0.2) is 65.8 Å². The SMILES string of the molecule is COc1cc(/C=N/NC(=O)c2cc(O)ccc2O)ccc1OCc1ccccc1F. The lowest BCUT2D eigenvalue weighted by Gasteiger charge is -2.11. The Kier molecular flexibility index (Phi) is 6.49. The van der Waals surface area contributed by atoms with Crippen molar-refractivity contribution in [2.45, 2.75) is 6.61 Å². The number of phenols is 2. The summed E-state index contributed by atoms with van der Waals surface area (Å²) >= 11 is 0. The number of ether oxygens (including phenoxy) is 2. The molecule has 0 radical (unpaired) electrons. The highest BCUT2D eigenvalue weighted by Crippen LogP contribution is 2.28. The number of halogens is 1. The van der Waals surface area contributed by atoms with E-state index in [9.17, 15) is 19.4 Å². The third-order valence-electron chi connectivity index (χ3n) is 4.13. The monoisotopic (exact) mass is 410 g/mol. The van der Waals surface area contributed by atoms with Gasteiger partial charge in [0.15, 0.2) is 11.5 Å². The summed E-state index contributed by atoms with van der Waals surface area (Å²) in [5.41, 5.74) is 3.18. The van der Waals surface area contributed by atoms with E-state index in [1.807, 2.05) is 0 Å². The number of aromatic hydroxyl groups is 2. The Labute approximate surface area is 172 Å². The van der Waals surface area contributed by atoms with Crippen molar-refractivity contribution in [2.75, 3.05) is 7.11 Å². The molecular formula is C22H19FN2O5. The van der Waals surface area contributed by atoms with Gasteiger partial charge in [0.1, 0.15) is 23.9 Å². The first-order valence-corrected chi connectivity index (χ1v) is 8.87. The van der Waals surface area contributed by atoms with Crippen LogP contribution in [0.4, 0.5) is 4.39 Å². The fourth-order valence-electron chi connectivity index (χ4n) is 2.59. The molecule has 0 fully saturated rings. The molecular weight excluding hydrogens is 391 g/mol. The molecule has 30 heavy (non-hydrogen) atoms. The Bertz CT molecular complexity index is 1080. The highest BCUT2D eigenvalue weighted by molar-refractivity contribution is 5.97. The summed E-state index contributed by atoms with van der Waals surface area (Å²) in [4.78, 5) is 12.1. The van der Waals surface area contributed by atoms with E-state index in [1.54, 1.807) is 36.4 Å². The Morgan fingerprint density at radius 1 is 1.10 bits per heavy atom. The van der Waals surface area contributed by atoms with Crippen LogP contribution in [-0.2, 0) is 6.61 Å². The van der Waals surface area contributed by atoms with Crippen LogP contribution in [0.3, 0.4) is 0 Å². The number of benzene rings is 3. The summed E-state index contributed by atoms with van der Waals surface area (Å²) in [6.07, 6.45) is 1.38. The number of phenolic OH excluding ortho intramolecular Hbond substituents is 2. The zero-order valence-corrected chi connectivity index (χ0v) is 16.0. The number of nitrogens with zero attached hydrogens (tertiary/aromatic N) is 1. The van der Waals surface area contributed by atoms with Crippen LogP contribution < -0.4 is 14.9 Å². The number of hydrogen-bond acceptors (Lipinski definition) is 6. The lowest BCUT2D eigenvalue weighted by molar-refractivity contribution is 0.0952. The second-order valence-electron chi connectivity index (χ2n) is 6.19. The molecule has 3 aromatic carbocycles. The standard InChI is InChI=1S/C22H19FN2O5/c1-29-21-10-14(6-9-20(21)30-13-15-4-2-3-5-18(15)23)12-24-25-22(28)17-11-16(26)7-8-19(17)27/h2-12,26-27H,13H2,1H3,(H,25,28)/b24-12+. The van der Waals surface area contributed by atoms with Crippen molar-refractivity contribution in [2.24, 2.45) is 5.10 Å². The molecule has 0 bridgehead atoms. The number of hydrazone groups is 1. The first-order valence-electron chi connectivity index (χ1n) is 8.87. The number of rotatable bonds is 7. The van der Waals surface area contributed by atoms with Crippen LogP contribution >= 0.6 is 0 Å². The van der Waals surface area contributed by atoms with Crippen LogP contribution in [0.1, 0.15) is 21.5 Å². The molecule has 7 nitrogen and oxygen atoms in total. The molecule has 0 aliphatic rings. The minimum Gasteiger partial charge on any atom is -0.508 e. The van der Waals surface area contributed by atoms with E-state index in [0.29, 0.717) is 22.6 Å². The topological polar surface area (TPSA) is 100 Å². The number of hydrogen-bond donors (Lipinski definition) is 3. The Balaban J connectivity index is 1.66. The Morgan fingerprint density at radius 3 is 2.67 bits per heavy atom. The molecule has 8 heteroatoms. The molecule has 3 aromatic rings. The summed E-state index contributed by atoms with van der Waals surface area (Å²) in [7, 11) is 1.47. The first kappa shape index (κ1) is 20.7. The molecule has 0 aromatic heterocycles. The largest absolute Gasteiger partial charge is 0.508 e. The van der Waals surface area contributed by atoms with Crippen molar-refractivity contribution in [1.29, 1.82) is 0 Å². The first-order chi connectivity index (χ1) is 14.5. The molecule has 0 saturated carbocycles. The maximum absolute atomic E-state index is 13.7. The van der Waals surface area contributed by atoms with E-state index >= 15 is 0 Å². The van der Waals surface area contributed by atoms with Crippen molar-refractivity contribution in [3.05, 3.63) is 83.2 Å². The highest BCUT2D eigenvalue weighted by atomic mass is 19.1. The molecule has 0 spiro atoms. The van der Waals surface area contributed by atoms with Crippen LogP contribution in [-0.4, -0.2) is 29.4 Å². The minimum atomic E-state index is -0.684. The zero-order chi connectivity index (χ0) is 21.5. The molecule has 0 heterocycles. The summed E-state index contributed by atoms with van der Waals surface area (Å²) < 4.78 is 24.7. The van der Waals surface area contributed by atoms with Crippen LogP contribution in [0.5, 0.6) is 23.0 Å². The molecule has 0 atom stereocenters. The van der Waals surface area contributed by atoms with Crippen molar-refractivity contribution >= 4 is 12.1 Å². The number of carbonyl (C=O) groups excluding carboxylic acids is 1. The van der Waals surface area contributed by atoms with Gasteiger partial charge in [-0.15, -0.1) is 0 Å². The smallest absolute Gasteiger partial charge is 0.275 e. The van der Waals surface area contributed by atoms with Gasteiger partial charge in [0.25, 0.3) is 5.91 Å². The van der Waals surface area contributed by atoms with E-state index in [1.165, 1.54) is 31.5 Å². The average Bonchev–Trinajstić information content (AvgIpc) is 2.75. The number of carbonyl (C=O) groups is 1. The molecule has 3 rings (SSSR count). The predicted octanol–water partition coefficient (Wildman–Crippen LogP) is 3.59. The van der Waals surface area contributed by atoms with Crippen LogP contribution in [0, 0.1) is 5.82 Å². The highest BCUT2D eigenvalue weighted by Gasteiger charge is 2.11. The third kappa shape index (κ3) is 5.05.